The molecule has 1 heterocycles. The first-order valence-corrected chi connectivity index (χ1v) is 8.03. The van der Waals surface area contributed by atoms with Crippen LogP contribution in [-0.2, 0) is 6.42 Å². The predicted molar refractivity (Wildman–Crippen MR) is 88.4 cm³/mol. The van der Waals surface area contributed by atoms with E-state index in [9.17, 15) is 0 Å². The van der Waals surface area contributed by atoms with Crippen molar-refractivity contribution in [3.05, 3.63) is 35.6 Å². The highest BCUT2D eigenvalue weighted by molar-refractivity contribution is 5.83. The molecule has 114 valence electrons. The molecule has 0 bridgehead atoms. The van der Waals surface area contributed by atoms with Gasteiger partial charge in [0.25, 0.3) is 0 Å². The Bertz CT molecular complexity index is 651. The predicted octanol–water partition coefficient (Wildman–Crippen LogP) is 4.94. The average molecular weight is 285 g/mol. The van der Waals surface area contributed by atoms with Gasteiger partial charge in [-0.25, -0.2) is 0 Å². The van der Waals surface area contributed by atoms with Crippen LogP contribution in [0.4, 0.5) is 0 Å². The number of benzene rings is 1. The molecule has 1 aromatic heterocycles. The molecule has 2 heteroatoms. The molecule has 1 N–H and O–H groups in total. The second-order valence-electron chi connectivity index (χ2n) is 7.48. The largest absolute Gasteiger partial charge is 0.461 e. The summed E-state index contributed by atoms with van der Waals surface area (Å²) in [7, 11) is 2.08. The quantitative estimate of drug-likeness (QED) is 0.861. The summed E-state index contributed by atoms with van der Waals surface area (Å²) in [6.45, 7) is 11.7. The monoisotopic (exact) mass is 285 g/mol. The zero-order chi connectivity index (χ0) is 15.4. The van der Waals surface area contributed by atoms with E-state index in [0.717, 1.165) is 17.8 Å². The molecule has 1 aromatic carbocycles. The fourth-order valence-corrected chi connectivity index (χ4v) is 4.28. The van der Waals surface area contributed by atoms with Crippen LogP contribution >= 0.6 is 0 Å². The van der Waals surface area contributed by atoms with E-state index >= 15 is 0 Å². The van der Waals surface area contributed by atoms with Crippen molar-refractivity contribution >= 4 is 11.0 Å². The van der Waals surface area contributed by atoms with Gasteiger partial charge in [0.15, 0.2) is 0 Å². The average Bonchev–Trinajstić information content (AvgIpc) is 2.77. The molecule has 2 aromatic rings. The van der Waals surface area contributed by atoms with Crippen molar-refractivity contribution in [3.8, 4) is 0 Å². The Kier molecular flexibility index (Phi) is 3.21. The molecule has 0 spiro atoms. The lowest BCUT2D eigenvalue weighted by molar-refractivity contribution is 0.427. The number of nitrogens with one attached hydrogen (secondary N) is 1. The van der Waals surface area contributed by atoms with Gasteiger partial charge >= 0.3 is 0 Å². The Labute approximate surface area is 127 Å². The van der Waals surface area contributed by atoms with E-state index in [4.69, 9.17) is 4.42 Å². The summed E-state index contributed by atoms with van der Waals surface area (Å²) in [5.74, 6) is 1.76. The van der Waals surface area contributed by atoms with Crippen molar-refractivity contribution in [2.45, 2.75) is 47.1 Å². The number of hydrogen-bond acceptors (Lipinski definition) is 2. The van der Waals surface area contributed by atoms with Crippen LogP contribution in [0.25, 0.3) is 11.0 Å². The minimum absolute atomic E-state index is 0.351. The molecule has 0 amide bonds. The van der Waals surface area contributed by atoms with Crippen molar-refractivity contribution in [1.82, 2.24) is 5.32 Å². The number of rotatable bonds is 4. The van der Waals surface area contributed by atoms with Crippen LogP contribution < -0.4 is 5.32 Å². The van der Waals surface area contributed by atoms with Crippen molar-refractivity contribution in [2.24, 2.45) is 16.7 Å². The van der Waals surface area contributed by atoms with E-state index in [1.807, 2.05) is 0 Å². The van der Waals surface area contributed by atoms with Gasteiger partial charge in [0.1, 0.15) is 11.3 Å². The second-order valence-corrected chi connectivity index (χ2v) is 7.48. The molecule has 1 unspecified atom stereocenters. The van der Waals surface area contributed by atoms with E-state index in [1.165, 1.54) is 10.9 Å². The standard InChI is InChI=1S/C19H27NO/c1-7-13-15(12-10-8-9-11-14(12)21-13)16(20-6)17-18(2,3)19(17,4)5/h8-11,16-17,20H,7H2,1-6H3. The van der Waals surface area contributed by atoms with Gasteiger partial charge in [-0.05, 0) is 29.9 Å². The Morgan fingerprint density at radius 1 is 1.14 bits per heavy atom. The van der Waals surface area contributed by atoms with Gasteiger partial charge in [-0.2, -0.15) is 0 Å². The smallest absolute Gasteiger partial charge is 0.134 e. The third kappa shape index (κ3) is 1.88. The molecule has 0 aliphatic heterocycles. The molecule has 0 saturated heterocycles. The lowest BCUT2D eigenvalue weighted by Crippen LogP contribution is -2.22. The molecule has 1 saturated carbocycles. The summed E-state index contributed by atoms with van der Waals surface area (Å²) in [6, 6.07) is 8.78. The van der Waals surface area contributed by atoms with Crippen LogP contribution in [-0.4, -0.2) is 7.05 Å². The Morgan fingerprint density at radius 3 is 2.29 bits per heavy atom. The van der Waals surface area contributed by atoms with Crippen LogP contribution in [0.5, 0.6) is 0 Å². The fraction of sp³-hybridized carbons (Fsp3) is 0.579. The molecule has 0 radical (unpaired) electrons. The molecule has 21 heavy (non-hydrogen) atoms. The number of hydrogen-bond donors (Lipinski definition) is 1. The summed E-state index contributed by atoms with van der Waals surface area (Å²) >= 11 is 0. The Morgan fingerprint density at radius 2 is 1.76 bits per heavy atom. The first-order chi connectivity index (χ1) is 9.86. The zero-order valence-electron chi connectivity index (χ0n) is 14.1. The highest BCUT2D eigenvalue weighted by Gasteiger charge is 2.67. The minimum atomic E-state index is 0.351. The molecule has 1 atom stereocenters. The summed E-state index contributed by atoms with van der Waals surface area (Å²) in [6.07, 6.45) is 0.940. The Balaban J connectivity index is 2.14. The second kappa shape index (κ2) is 4.61. The maximum Gasteiger partial charge on any atom is 0.134 e. The fourth-order valence-electron chi connectivity index (χ4n) is 4.28. The van der Waals surface area contributed by atoms with E-state index in [1.54, 1.807) is 0 Å². The van der Waals surface area contributed by atoms with Crippen LogP contribution in [0, 0.1) is 16.7 Å². The highest BCUT2D eigenvalue weighted by Crippen LogP contribution is 2.72. The topological polar surface area (TPSA) is 25.2 Å². The van der Waals surface area contributed by atoms with Gasteiger partial charge in [-0.15, -0.1) is 0 Å². The first-order valence-electron chi connectivity index (χ1n) is 8.03. The molecular weight excluding hydrogens is 258 g/mol. The number of aryl methyl sites for hydroxylation is 1. The van der Waals surface area contributed by atoms with Crippen molar-refractivity contribution < 1.29 is 4.42 Å². The van der Waals surface area contributed by atoms with Gasteiger partial charge in [0.05, 0.1) is 0 Å². The first kappa shape index (κ1) is 14.6. The van der Waals surface area contributed by atoms with E-state index in [0.29, 0.717) is 22.8 Å². The van der Waals surface area contributed by atoms with Crippen molar-refractivity contribution in [3.63, 3.8) is 0 Å². The SMILES string of the molecule is CCc1oc2ccccc2c1C(NC)C1C(C)(C)C1(C)C. The van der Waals surface area contributed by atoms with E-state index < -0.39 is 0 Å². The van der Waals surface area contributed by atoms with Gasteiger partial charge in [-0.3, -0.25) is 0 Å². The summed E-state index contributed by atoms with van der Waals surface area (Å²) in [5.41, 5.74) is 3.09. The maximum atomic E-state index is 6.11. The molecular formula is C19H27NO. The number of para-hydroxylation sites is 1. The lowest BCUT2D eigenvalue weighted by Gasteiger charge is -2.19. The van der Waals surface area contributed by atoms with Gasteiger partial charge in [0.2, 0.25) is 0 Å². The van der Waals surface area contributed by atoms with Crippen LogP contribution in [0.15, 0.2) is 28.7 Å². The summed E-state index contributed by atoms with van der Waals surface area (Å²) in [5, 5.41) is 4.86. The third-order valence-corrected chi connectivity index (χ3v) is 6.12. The maximum absolute atomic E-state index is 6.11. The van der Waals surface area contributed by atoms with E-state index in [-0.39, 0.29) is 0 Å². The summed E-state index contributed by atoms with van der Waals surface area (Å²) in [4.78, 5) is 0. The lowest BCUT2D eigenvalue weighted by atomic mass is 9.93. The van der Waals surface area contributed by atoms with Crippen LogP contribution in [0.1, 0.15) is 52.0 Å². The zero-order valence-corrected chi connectivity index (χ0v) is 14.1. The molecule has 3 rings (SSSR count). The third-order valence-electron chi connectivity index (χ3n) is 6.12. The molecule has 1 aliphatic carbocycles. The number of furan rings is 1. The van der Waals surface area contributed by atoms with Crippen molar-refractivity contribution in [2.75, 3.05) is 7.05 Å². The Hall–Kier alpha value is -1.28. The van der Waals surface area contributed by atoms with Crippen LogP contribution in [0.3, 0.4) is 0 Å². The molecule has 2 nitrogen and oxygen atoms in total. The summed E-state index contributed by atoms with van der Waals surface area (Å²) < 4.78 is 6.11. The normalized spacial score (nSPS) is 21.6. The van der Waals surface area contributed by atoms with Gasteiger partial charge in [-0.1, -0.05) is 52.8 Å². The van der Waals surface area contributed by atoms with Gasteiger partial charge in [0, 0.05) is 23.4 Å². The van der Waals surface area contributed by atoms with E-state index in [2.05, 4.69) is 71.2 Å². The minimum Gasteiger partial charge on any atom is -0.461 e. The van der Waals surface area contributed by atoms with Gasteiger partial charge < -0.3 is 9.73 Å². The molecule has 1 fully saturated rings. The van der Waals surface area contributed by atoms with Crippen molar-refractivity contribution in [1.29, 1.82) is 0 Å². The van der Waals surface area contributed by atoms with Crippen LogP contribution in [0.2, 0.25) is 0 Å². The number of fused-ring (bicyclic) bond motifs is 1. The molecule has 1 aliphatic rings. The highest BCUT2D eigenvalue weighted by atomic mass is 16.3.